The Balaban J connectivity index is 2.43. The first-order chi connectivity index (χ1) is 13.4. The predicted molar refractivity (Wildman–Crippen MR) is 96.1 cm³/mol. The number of benzene rings is 1. The molecule has 148 valence electrons. The highest BCUT2D eigenvalue weighted by molar-refractivity contribution is 6.21. The van der Waals surface area contributed by atoms with Gasteiger partial charge in [-0.2, -0.15) is 0 Å². The second kappa shape index (κ2) is 7.20. The minimum absolute atomic E-state index is 0.0814. The van der Waals surface area contributed by atoms with Gasteiger partial charge < -0.3 is 14.2 Å². The zero-order valence-electron chi connectivity index (χ0n) is 16.1. The third-order valence-electron chi connectivity index (χ3n) is 5.40. The molecule has 1 aromatic carbocycles. The van der Waals surface area contributed by atoms with Gasteiger partial charge in [-0.1, -0.05) is 24.3 Å². The van der Waals surface area contributed by atoms with Gasteiger partial charge in [0.15, 0.2) is 5.78 Å². The van der Waals surface area contributed by atoms with E-state index in [9.17, 15) is 19.2 Å². The molecule has 8 heteroatoms. The van der Waals surface area contributed by atoms with Crippen LogP contribution in [0.5, 0.6) is 0 Å². The number of carbonyl (C=O) groups excluding carboxylic acids is 4. The predicted octanol–water partition coefficient (Wildman–Crippen LogP) is 0.743. The number of esters is 3. The molecule has 2 aliphatic heterocycles. The monoisotopic (exact) mass is 387 g/mol. The van der Waals surface area contributed by atoms with E-state index in [0.29, 0.717) is 6.42 Å². The molecule has 0 aromatic heterocycles. The third kappa shape index (κ3) is 2.48. The van der Waals surface area contributed by atoms with E-state index in [4.69, 9.17) is 14.2 Å². The van der Waals surface area contributed by atoms with Crippen LogP contribution in [0.1, 0.15) is 24.1 Å². The lowest BCUT2D eigenvalue weighted by Gasteiger charge is -2.41. The molecule has 2 heterocycles. The topological polar surface area (TPSA) is 99.2 Å². The summed E-state index contributed by atoms with van der Waals surface area (Å²) < 4.78 is 14.7. The smallest absolute Gasteiger partial charge is 0.339 e. The van der Waals surface area contributed by atoms with Crippen molar-refractivity contribution in [3.05, 3.63) is 46.5 Å². The van der Waals surface area contributed by atoms with E-state index in [1.807, 2.05) is 12.1 Å². The van der Waals surface area contributed by atoms with Crippen molar-refractivity contribution < 1.29 is 33.4 Å². The molecule has 0 amide bonds. The van der Waals surface area contributed by atoms with E-state index in [-0.39, 0.29) is 17.7 Å². The molecule has 28 heavy (non-hydrogen) atoms. The van der Waals surface area contributed by atoms with Gasteiger partial charge in [0, 0.05) is 6.54 Å². The number of carbonyl (C=O) groups is 4. The quantitative estimate of drug-likeness (QED) is 0.424. The molecular weight excluding hydrogens is 366 g/mol. The van der Waals surface area contributed by atoms with Crippen molar-refractivity contribution in [2.75, 3.05) is 27.9 Å². The Hall–Kier alpha value is -3.00. The van der Waals surface area contributed by atoms with E-state index in [1.165, 1.54) is 14.0 Å². The average Bonchev–Trinajstić information content (AvgIpc) is 3.04. The van der Waals surface area contributed by atoms with E-state index in [1.54, 1.807) is 17.0 Å². The summed E-state index contributed by atoms with van der Waals surface area (Å²) in [4.78, 5) is 52.9. The van der Waals surface area contributed by atoms with Crippen molar-refractivity contribution in [2.24, 2.45) is 0 Å². The van der Waals surface area contributed by atoms with Gasteiger partial charge in [-0.05, 0) is 24.5 Å². The minimum atomic E-state index is -2.08. The molecule has 2 atom stereocenters. The van der Waals surface area contributed by atoms with Crippen molar-refractivity contribution >= 4 is 23.7 Å². The number of nitrogens with zero attached hydrogens (tertiary/aromatic N) is 1. The molecule has 0 saturated heterocycles. The molecule has 2 aliphatic rings. The molecule has 0 aliphatic carbocycles. The standard InChI is InChI=1S/C20H21NO7/c1-11(22)20(19(25)28-4)15(18(24)27-3)14(17(23)26-2)16-13-8-6-5-7-12(13)9-10-21(16)20/h5-8,16H,9-10H2,1-4H3/t16-,20-/m0/s1. The fourth-order valence-electron chi connectivity index (χ4n) is 4.29. The van der Waals surface area contributed by atoms with E-state index >= 15 is 0 Å². The maximum atomic E-state index is 13.0. The molecule has 0 bridgehead atoms. The summed E-state index contributed by atoms with van der Waals surface area (Å²) >= 11 is 0. The number of hydrogen-bond donors (Lipinski definition) is 0. The first-order valence-electron chi connectivity index (χ1n) is 8.71. The Labute approximate surface area is 162 Å². The molecule has 8 nitrogen and oxygen atoms in total. The van der Waals surface area contributed by atoms with Crippen LogP contribution in [0.2, 0.25) is 0 Å². The van der Waals surface area contributed by atoms with Crippen molar-refractivity contribution in [1.29, 1.82) is 0 Å². The summed E-state index contributed by atoms with van der Waals surface area (Å²) in [6.07, 6.45) is 0.529. The summed E-state index contributed by atoms with van der Waals surface area (Å²) in [5.74, 6) is -3.33. The summed E-state index contributed by atoms with van der Waals surface area (Å²) in [6.45, 7) is 1.45. The molecule has 0 radical (unpaired) electrons. The normalized spacial score (nSPS) is 23.5. The van der Waals surface area contributed by atoms with Gasteiger partial charge in [0.1, 0.15) is 0 Å². The lowest BCUT2D eigenvalue weighted by molar-refractivity contribution is -0.160. The zero-order chi connectivity index (χ0) is 20.6. The fourth-order valence-corrected chi connectivity index (χ4v) is 4.29. The number of methoxy groups -OCH3 is 3. The molecular formula is C20H21NO7. The summed E-state index contributed by atoms with van der Waals surface area (Å²) in [5, 5.41) is 0. The lowest BCUT2D eigenvalue weighted by Crippen LogP contribution is -2.61. The average molecular weight is 387 g/mol. The fraction of sp³-hybridized carbons (Fsp3) is 0.400. The number of ether oxygens (including phenoxy) is 3. The lowest BCUT2D eigenvalue weighted by atomic mass is 9.84. The van der Waals surface area contributed by atoms with E-state index in [0.717, 1.165) is 25.3 Å². The Kier molecular flexibility index (Phi) is 5.08. The van der Waals surface area contributed by atoms with Crippen LogP contribution < -0.4 is 0 Å². The van der Waals surface area contributed by atoms with Crippen molar-refractivity contribution in [3.8, 4) is 0 Å². The molecule has 0 fully saturated rings. The Morgan fingerprint density at radius 3 is 2.21 bits per heavy atom. The van der Waals surface area contributed by atoms with Gasteiger partial charge in [-0.25, -0.2) is 14.4 Å². The van der Waals surface area contributed by atoms with E-state index < -0.39 is 35.3 Å². The second-order valence-corrected chi connectivity index (χ2v) is 6.57. The number of fused-ring (bicyclic) bond motifs is 3. The highest BCUT2D eigenvalue weighted by Gasteiger charge is 2.66. The van der Waals surface area contributed by atoms with Crippen molar-refractivity contribution in [3.63, 3.8) is 0 Å². The van der Waals surface area contributed by atoms with Gasteiger partial charge in [0.25, 0.3) is 0 Å². The van der Waals surface area contributed by atoms with Crippen LogP contribution in [0, 0.1) is 0 Å². The van der Waals surface area contributed by atoms with E-state index in [2.05, 4.69) is 0 Å². The Bertz CT molecular complexity index is 904. The van der Waals surface area contributed by atoms with Crippen LogP contribution in [0.25, 0.3) is 0 Å². The molecule has 0 spiro atoms. The first-order valence-corrected chi connectivity index (χ1v) is 8.71. The van der Waals surface area contributed by atoms with Gasteiger partial charge in [-0.3, -0.25) is 9.69 Å². The van der Waals surface area contributed by atoms with Crippen LogP contribution in [0.15, 0.2) is 35.4 Å². The molecule has 1 aromatic rings. The first kappa shape index (κ1) is 19.8. The summed E-state index contributed by atoms with van der Waals surface area (Å²) in [6, 6.07) is 6.56. The Morgan fingerprint density at radius 2 is 1.64 bits per heavy atom. The van der Waals surface area contributed by atoms with Gasteiger partial charge in [0.2, 0.25) is 5.54 Å². The maximum Gasteiger partial charge on any atom is 0.339 e. The van der Waals surface area contributed by atoms with Crippen LogP contribution in [0.3, 0.4) is 0 Å². The minimum Gasteiger partial charge on any atom is -0.467 e. The van der Waals surface area contributed by atoms with Crippen LogP contribution >= 0.6 is 0 Å². The largest absolute Gasteiger partial charge is 0.467 e. The van der Waals surface area contributed by atoms with Crippen molar-refractivity contribution in [2.45, 2.75) is 24.9 Å². The molecule has 0 saturated carbocycles. The van der Waals surface area contributed by atoms with Crippen LogP contribution in [-0.4, -0.2) is 62.0 Å². The van der Waals surface area contributed by atoms with Gasteiger partial charge in [0.05, 0.1) is 38.5 Å². The number of ketones is 1. The SMILES string of the molecule is COC(=O)C1=C(C(=O)OC)[C@@](C(C)=O)(C(=O)OC)N2CCc3ccccc3[C@@H]12. The summed E-state index contributed by atoms with van der Waals surface area (Å²) in [7, 11) is 3.43. The number of Topliss-reactive ketones (excluding diaryl/α,β-unsaturated/α-hetero) is 1. The highest BCUT2D eigenvalue weighted by Crippen LogP contribution is 2.51. The second-order valence-electron chi connectivity index (χ2n) is 6.57. The number of hydrogen-bond acceptors (Lipinski definition) is 8. The van der Waals surface area contributed by atoms with Gasteiger partial charge in [-0.15, -0.1) is 0 Å². The highest BCUT2D eigenvalue weighted by atomic mass is 16.5. The third-order valence-corrected chi connectivity index (χ3v) is 5.40. The van der Waals surface area contributed by atoms with Gasteiger partial charge >= 0.3 is 17.9 Å². The summed E-state index contributed by atoms with van der Waals surface area (Å²) in [5.41, 5.74) is -0.824. The molecule has 0 unspecified atom stereocenters. The number of rotatable bonds is 4. The maximum absolute atomic E-state index is 13.0. The van der Waals surface area contributed by atoms with Crippen LogP contribution in [0.4, 0.5) is 0 Å². The zero-order valence-corrected chi connectivity index (χ0v) is 16.1. The molecule has 3 rings (SSSR count). The van der Waals surface area contributed by atoms with Crippen LogP contribution in [-0.2, 0) is 39.8 Å². The Morgan fingerprint density at radius 1 is 1.00 bits per heavy atom. The van der Waals surface area contributed by atoms with Crippen molar-refractivity contribution in [1.82, 2.24) is 4.90 Å². The molecule has 0 N–H and O–H groups in total.